The second-order valence-electron chi connectivity index (χ2n) is 7.34. The van der Waals surface area contributed by atoms with Crippen LogP contribution in [0.4, 0.5) is 20.3 Å². The van der Waals surface area contributed by atoms with E-state index in [1.807, 2.05) is 6.07 Å². The standard InChI is InChI=1S/C21H20ClF2N5O2S/c22-16-10-20(32(30,31)28-21-6-2-7-26-27-21)18(24)11-19(16)25-12-15-14(4-1-5-17(15)23)13-29-8-3-9-29/h1-2,4-7,10-11,25H,3,8-9,12-13H2,(H,27,28). The van der Waals surface area contributed by atoms with E-state index in [1.165, 1.54) is 24.4 Å². The van der Waals surface area contributed by atoms with E-state index in [0.717, 1.165) is 37.2 Å². The highest BCUT2D eigenvalue weighted by atomic mass is 35.5. The summed E-state index contributed by atoms with van der Waals surface area (Å²) in [6.07, 6.45) is 2.50. The summed E-state index contributed by atoms with van der Waals surface area (Å²) >= 11 is 6.22. The van der Waals surface area contributed by atoms with E-state index in [-0.39, 0.29) is 28.9 Å². The van der Waals surface area contributed by atoms with Crippen LogP contribution in [0.25, 0.3) is 0 Å². The highest BCUT2D eigenvalue weighted by Gasteiger charge is 2.23. The molecule has 2 N–H and O–H groups in total. The van der Waals surface area contributed by atoms with Gasteiger partial charge in [0.1, 0.15) is 16.5 Å². The third-order valence-corrected chi connectivity index (χ3v) is 6.82. The average molecular weight is 480 g/mol. The Labute approximate surface area is 189 Å². The fourth-order valence-electron chi connectivity index (χ4n) is 3.33. The Hall–Kier alpha value is -2.82. The molecule has 1 saturated heterocycles. The van der Waals surface area contributed by atoms with Gasteiger partial charge in [0.15, 0.2) is 5.82 Å². The van der Waals surface area contributed by atoms with Crippen LogP contribution in [0.15, 0.2) is 53.6 Å². The largest absolute Gasteiger partial charge is 0.380 e. The monoisotopic (exact) mass is 479 g/mol. The van der Waals surface area contributed by atoms with Gasteiger partial charge in [-0.05, 0) is 55.4 Å². The normalized spacial score (nSPS) is 14.1. The molecule has 1 fully saturated rings. The van der Waals surface area contributed by atoms with Crippen LogP contribution in [0.1, 0.15) is 17.5 Å². The van der Waals surface area contributed by atoms with Gasteiger partial charge in [0.2, 0.25) is 0 Å². The zero-order valence-corrected chi connectivity index (χ0v) is 18.4. The molecule has 4 rings (SSSR count). The molecule has 11 heteroatoms. The lowest BCUT2D eigenvalue weighted by molar-refractivity contribution is 0.172. The minimum absolute atomic E-state index is 0.0217. The van der Waals surface area contributed by atoms with Gasteiger partial charge in [-0.1, -0.05) is 23.7 Å². The Morgan fingerprint density at radius 3 is 2.59 bits per heavy atom. The Morgan fingerprint density at radius 2 is 1.91 bits per heavy atom. The number of sulfonamides is 1. The SMILES string of the molecule is O=S(=O)(Nc1cccnn1)c1cc(Cl)c(NCc2c(F)cccc2CN2CCC2)cc1F. The van der Waals surface area contributed by atoms with Crippen LogP contribution in [0.5, 0.6) is 0 Å². The van der Waals surface area contributed by atoms with Gasteiger partial charge in [0.05, 0.1) is 10.7 Å². The molecule has 0 bridgehead atoms. The third kappa shape index (κ3) is 4.98. The van der Waals surface area contributed by atoms with Crippen molar-refractivity contribution in [1.82, 2.24) is 15.1 Å². The first-order valence-corrected chi connectivity index (χ1v) is 11.7. The zero-order chi connectivity index (χ0) is 22.7. The van der Waals surface area contributed by atoms with Crippen molar-refractivity contribution in [2.75, 3.05) is 23.1 Å². The minimum Gasteiger partial charge on any atom is -0.380 e. The van der Waals surface area contributed by atoms with Crippen LogP contribution in [-0.4, -0.2) is 36.6 Å². The molecular formula is C21H20ClF2N5O2S. The maximum absolute atomic E-state index is 14.7. The number of hydrogen-bond acceptors (Lipinski definition) is 6. The lowest BCUT2D eigenvalue weighted by Gasteiger charge is -2.31. The molecule has 168 valence electrons. The number of nitrogens with zero attached hydrogens (tertiary/aromatic N) is 3. The van der Waals surface area contributed by atoms with Crippen molar-refractivity contribution in [2.45, 2.75) is 24.4 Å². The lowest BCUT2D eigenvalue weighted by Crippen LogP contribution is -2.36. The van der Waals surface area contributed by atoms with E-state index < -0.39 is 20.7 Å². The van der Waals surface area contributed by atoms with Crippen LogP contribution >= 0.6 is 11.6 Å². The zero-order valence-electron chi connectivity index (χ0n) is 16.9. The van der Waals surface area contributed by atoms with Gasteiger partial charge in [-0.2, -0.15) is 5.10 Å². The van der Waals surface area contributed by atoms with Crippen molar-refractivity contribution in [2.24, 2.45) is 0 Å². The Balaban J connectivity index is 1.53. The molecule has 1 aromatic heterocycles. The van der Waals surface area contributed by atoms with Crippen molar-refractivity contribution < 1.29 is 17.2 Å². The quantitative estimate of drug-likeness (QED) is 0.507. The number of anilines is 2. The average Bonchev–Trinajstić information content (AvgIpc) is 2.72. The van der Waals surface area contributed by atoms with E-state index in [0.29, 0.717) is 12.1 Å². The predicted octanol–water partition coefficient (Wildman–Crippen LogP) is 4.03. The molecule has 2 aromatic carbocycles. The number of benzene rings is 2. The highest BCUT2D eigenvalue weighted by molar-refractivity contribution is 7.92. The molecular weight excluding hydrogens is 460 g/mol. The lowest BCUT2D eigenvalue weighted by atomic mass is 10.0. The van der Waals surface area contributed by atoms with Gasteiger partial charge in [-0.15, -0.1) is 5.10 Å². The van der Waals surface area contributed by atoms with Crippen molar-refractivity contribution in [3.8, 4) is 0 Å². The second-order valence-corrected chi connectivity index (χ2v) is 9.40. The molecule has 0 radical (unpaired) electrons. The summed E-state index contributed by atoms with van der Waals surface area (Å²) in [5.74, 6) is -1.44. The molecule has 1 aliphatic heterocycles. The molecule has 1 aliphatic rings. The van der Waals surface area contributed by atoms with E-state index >= 15 is 0 Å². The number of rotatable bonds is 8. The maximum Gasteiger partial charge on any atom is 0.266 e. The molecule has 0 amide bonds. The molecule has 0 spiro atoms. The summed E-state index contributed by atoms with van der Waals surface area (Å²) in [6.45, 7) is 2.64. The molecule has 7 nitrogen and oxygen atoms in total. The Kier molecular flexibility index (Phi) is 6.54. The van der Waals surface area contributed by atoms with Gasteiger partial charge in [-0.25, -0.2) is 17.2 Å². The molecule has 0 unspecified atom stereocenters. The third-order valence-electron chi connectivity index (χ3n) is 5.14. The van der Waals surface area contributed by atoms with E-state index in [9.17, 15) is 17.2 Å². The summed E-state index contributed by atoms with van der Waals surface area (Å²) in [5.41, 5.74) is 1.44. The number of aromatic nitrogens is 2. The summed E-state index contributed by atoms with van der Waals surface area (Å²) in [4.78, 5) is 1.57. The first-order chi connectivity index (χ1) is 15.3. The van der Waals surface area contributed by atoms with E-state index in [1.54, 1.807) is 6.07 Å². The number of halogens is 3. The molecule has 32 heavy (non-hydrogen) atoms. The topological polar surface area (TPSA) is 87.2 Å². The number of hydrogen-bond donors (Lipinski definition) is 2. The first kappa shape index (κ1) is 22.4. The van der Waals surface area contributed by atoms with E-state index in [2.05, 4.69) is 25.1 Å². The molecule has 2 heterocycles. The van der Waals surface area contributed by atoms with Gasteiger partial charge >= 0.3 is 0 Å². The van der Waals surface area contributed by atoms with Crippen LogP contribution in [0.3, 0.4) is 0 Å². The van der Waals surface area contributed by atoms with Gasteiger partial charge < -0.3 is 5.32 Å². The van der Waals surface area contributed by atoms with Crippen molar-refractivity contribution in [1.29, 1.82) is 0 Å². The van der Waals surface area contributed by atoms with E-state index in [4.69, 9.17) is 11.6 Å². The fourth-order valence-corrected chi connectivity index (χ4v) is 4.71. The van der Waals surface area contributed by atoms with Crippen LogP contribution in [0.2, 0.25) is 5.02 Å². The van der Waals surface area contributed by atoms with Gasteiger partial charge in [0, 0.05) is 24.8 Å². The van der Waals surface area contributed by atoms with Crippen molar-refractivity contribution >= 4 is 33.1 Å². The van der Waals surface area contributed by atoms with Gasteiger partial charge in [-0.3, -0.25) is 9.62 Å². The second kappa shape index (κ2) is 9.35. The minimum atomic E-state index is -4.28. The summed E-state index contributed by atoms with van der Waals surface area (Å²) in [5, 5.41) is 10.1. The Bertz CT molecular complexity index is 1220. The van der Waals surface area contributed by atoms with Crippen LogP contribution in [0, 0.1) is 11.6 Å². The highest BCUT2D eigenvalue weighted by Crippen LogP contribution is 2.30. The van der Waals surface area contributed by atoms with Crippen molar-refractivity contribution in [3.05, 3.63) is 76.4 Å². The predicted molar refractivity (Wildman–Crippen MR) is 118 cm³/mol. The molecule has 0 aliphatic carbocycles. The number of likely N-dealkylation sites (tertiary alicyclic amines) is 1. The van der Waals surface area contributed by atoms with Crippen molar-refractivity contribution in [3.63, 3.8) is 0 Å². The summed E-state index contributed by atoms with van der Waals surface area (Å²) < 4.78 is 56.4. The molecule has 3 aromatic rings. The number of nitrogens with one attached hydrogen (secondary N) is 2. The first-order valence-electron chi connectivity index (χ1n) is 9.85. The van der Waals surface area contributed by atoms with Crippen LogP contribution in [-0.2, 0) is 23.1 Å². The molecule has 0 atom stereocenters. The smallest absolute Gasteiger partial charge is 0.266 e. The summed E-state index contributed by atoms with van der Waals surface area (Å²) in [6, 6.07) is 9.72. The maximum atomic E-state index is 14.7. The molecule has 0 saturated carbocycles. The van der Waals surface area contributed by atoms with Crippen LogP contribution < -0.4 is 10.0 Å². The van der Waals surface area contributed by atoms with Gasteiger partial charge in [0.25, 0.3) is 10.0 Å². The summed E-state index contributed by atoms with van der Waals surface area (Å²) in [7, 11) is -4.28. The Morgan fingerprint density at radius 1 is 1.09 bits per heavy atom. The fraction of sp³-hybridized carbons (Fsp3) is 0.238.